The number of nitrogens with zero attached hydrogens (tertiary/aromatic N) is 1. The number of rotatable bonds is 3. The summed E-state index contributed by atoms with van der Waals surface area (Å²) in [6, 6.07) is 1.92. The van der Waals surface area contributed by atoms with Crippen LogP contribution in [0.3, 0.4) is 0 Å². The summed E-state index contributed by atoms with van der Waals surface area (Å²) in [6.45, 7) is 4.88. The van der Waals surface area contributed by atoms with E-state index in [0.29, 0.717) is 6.54 Å². The lowest BCUT2D eigenvalue weighted by atomic mass is 9.85. The van der Waals surface area contributed by atoms with Crippen LogP contribution in [0.2, 0.25) is 0 Å². The van der Waals surface area contributed by atoms with E-state index < -0.39 is 0 Å². The highest BCUT2D eigenvalue weighted by molar-refractivity contribution is 5.86. The minimum atomic E-state index is -0.145. The first kappa shape index (κ1) is 15.4. The van der Waals surface area contributed by atoms with E-state index in [1.54, 1.807) is 12.5 Å². The van der Waals surface area contributed by atoms with Crippen molar-refractivity contribution < 1.29 is 9.21 Å². The lowest BCUT2D eigenvalue weighted by Gasteiger charge is -2.29. The Kier molecular flexibility index (Phi) is 4.17. The van der Waals surface area contributed by atoms with Gasteiger partial charge in [0.1, 0.15) is 0 Å². The Morgan fingerprint density at radius 3 is 2.75 bits per heavy atom. The first-order chi connectivity index (χ1) is 9.07. The number of hydrogen-bond donors (Lipinski definition) is 1. The van der Waals surface area contributed by atoms with Crippen LogP contribution in [0.5, 0.6) is 0 Å². The predicted molar refractivity (Wildman–Crippen MR) is 79.7 cm³/mol. The van der Waals surface area contributed by atoms with Gasteiger partial charge in [-0.25, -0.2) is 0 Å². The molecule has 2 heterocycles. The van der Waals surface area contributed by atoms with Gasteiger partial charge in [0.15, 0.2) is 0 Å². The highest BCUT2D eigenvalue weighted by atomic mass is 35.5. The molecule has 1 saturated carbocycles. The molecule has 20 heavy (non-hydrogen) atoms. The van der Waals surface area contributed by atoms with Crippen molar-refractivity contribution in [1.29, 1.82) is 0 Å². The van der Waals surface area contributed by atoms with Crippen molar-refractivity contribution >= 4 is 18.3 Å². The summed E-state index contributed by atoms with van der Waals surface area (Å²) >= 11 is 0. The van der Waals surface area contributed by atoms with Crippen LogP contribution >= 0.6 is 12.4 Å². The largest absolute Gasteiger partial charge is 0.472 e. The van der Waals surface area contributed by atoms with E-state index in [9.17, 15) is 4.79 Å². The van der Waals surface area contributed by atoms with Gasteiger partial charge in [-0.3, -0.25) is 4.79 Å². The van der Waals surface area contributed by atoms with Crippen LogP contribution in [-0.2, 0) is 11.3 Å². The fraction of sp³-hybridized carbons (Fsp3) is 0.667. The lowest BCUT2D eigenvalue weighted by molar-refractivity contribution is -0.137. The van der Waals surface area contributed by atoms with E-state index in [2.05, 4.69) is 12.2 Å². The summed E-state index contributed by atoms with van der Waals surface area (Å²) in [4.78, 5) is 14.6. The molecule has 1 saturated heterocycles. The van der Waals surface area contributed by atoms with Gasteiger partial charge in [-0.15, -0.1) is 12.4 Å². The quantitative estimate of drug-likeness (QED) is 0.932. The zero-order chi connectivity index (χ0) is 13.5. The van der Waals surface area contributed by atoms with E-state index in [-0.39, 0.29) is 29.1 Å². The van der Waals surface area contributed by atoms with Gasteiger partial charge >= 0.3 is 0 Å². The molecule has 1 N–H and O–H groups in total. The minimum Gasteiger partial charge on any atom is -0.472 e. The third-order valence-corrected chi connectivity index (χ3v) is 5.12. The Labute approximate surface area is 126 Å². The number of carbonyl (C=O) groups excluding carboxylic acids is 1. The van der Waals surface area contributed by atoms with E-state index in [1.807, 2.05) is 18.0 Å². The predicted octanol–water partition coefficient (Wildman–Crippen LogP) is 2.44. The Morgan fingerprint density at radius 1 is 1.45 bits per heavy atom. The van der Waals surface area contributed by atoms with Gasteiger partial charge in [0.05, 0.1) is 17.9 Å². The number of halogens is 1. The molecule has 0 aromatic carbocycles. The molecule has 4 nitrogen and oxygen atoms in total. The molecule has 1 aromatic rings. The molecule has 2 aliphatic rings. The molecule has 112 valence electrons. The summed E-state index contributed by atoms with van der Waals surface area (Å²) in [7, 11) is 1.90. The Morgan fingerprint density at radius 2 is 2.15 bits per heavy atom. The number of nitrogens with one attached hydrogen (secondary N) is 1. The Bertz CT molecular complexity index is 468. The van der Waals surface area contributed by atoms with Gasteiger partial charge in [-0.2, -0.15) is 0 Å². The molecular weight excluding hydrogens is 276 g/mol. The fourth-order valence-electron chi connectivity index (χ4n) is 3.72. The molecule has 5 heteroatoms. The average molecular weight is 299 g/mol. The van der Waals surface area contributed by atoms with Gasteiger partial charge in [-0.1, -0.05) is 6.92 Å². The Hall–Kier alpha value is -1.00. The van der Waals surface area contributed by atoms with Crippen molar-refractivity contribution in [2.45, 2.75) is 32.7 Å². The van der Waals surface area contributed by atoms with Crippen LogP contribution in [0.25, 0.3) is 0 Å². The molecular formula is C15H23ClN2O2. The van der Waals surface area contributed by atoms with E-state index >= 15 is 0 Å². The Balaban J connectivity index is 0.00000147. The van der Waals surface area contributed by atoms with E-state index in [1.165, 1.54) is 0 Å². The summed E-state index contributed by atoms with van der Waals surface area (Å²) in [5.74, 6) is 0.288. The van der Waals surface area contributed by atoms with Crippen LogP contribution < -0.4 is 5.32 Å². The van der Waals surface area contributed by atoms with Crippen molar-refractivity contribution in [3.05, 3.63) is 24.2 Å². The zero-order valence-corrected chi connectivity index (χ0v) is 13.0. The summed E-state index contributed by atoms with van der Waals surface area (Å²) in [5.41, 5.74) is 1.17. The van der Waals surface area contributed by atoms with Crippen LogP contribution in [0, 0.1) is 10.8 Å². The van der Waals surface area contributed by atoms with Gasteiger partial charge in [0, 0.05) is 19.2 Å². The second-order valence-electron chi connectivity index (χ2n) is 6.33. The fourth-order valence-corrected chi connectivity index (χ4v) is 3.72. The maximum Gasteiger partial charge on any atom is 0.229 e. The summed E-state index contributed by atoms with van der Waals surface area (Å²) in [5, 5.41) is 3.39. The molecule has 1 atom stereocenters. The third kappa shape index (κ3) is 2.35. The van der Waals surface area contributed by atoms with E-state index in [4.69, 9.17) is 4.42 Å². The third-order valence-electron chi connectivity index (χ3n) is 5.12. The van der Waals surface area contributed by atoms with Crippen LogP contribution in [0.1, 0.15) is 31.7 Å². The average Bonchev–Trinajstić information content (AvgIpc) is 2.81. The van der Waals surface area contributed by atoms with Gasteiger partial charge < -0.3 is 14.6 Å². The SMILES string of the molecule is CN(Cc1ccoc1)C(=O)C1(C)CC12CCNCC2.Cl. The number of furan rings is 1. The maximum absolute atomic E-state index is 12.7. The molecule has 1 unspecified atom stereocenters. The second kappa shape index (κ2) is 5.41. The monoisotopic (exact) mass is 298 g/mol. The first-order valence-electron chi connectivity index (χ1n) is 7.05. The zero-order valence-electron chi connectivity index (χ0n) is 12.1. The number of carbonyl (C=O) groups is 1. The minimum absolute atomic E-state index is 0. The smallest absolute Gasteiger partial charge is 0.229 e. The normalized spacial score (nSPS) is 26.9. The van der Waals surface area contributed by atoms with Crippen molar-refractivity contribution in [1.82, 2.24) is 10.2 Å². The molecule has 1 amide bonds. The molecule has 1 aliphatic heterocycles. The van der Waals surface area contributed by atoms with Crippen LogP contribution in [0.4, 0.5) is 0 Å². The first-order valence-corrected chi connectivity index (χ1v) is 7.05. The van der Waals surface area contributed by atoms with Gasteiger partial charge in [-0.05, 0) is 43.8 Å². The molecule has 2 fully saturated rings. The summed E-state index contributed by atoms with van der Waals surface area (Å²) in [6.07, 6.45) is 6.68. The standard InChI is InChI=1S/C15H22N2O2.ClH/c1-14(11-15(14)4-6-16-7-5-15)13(18)17(2)9-12-3-8-19-10-12;/h3,8,10,16H,4-7,9,11H2,1-2H3;1H. The second-order valence-corrected chi connectivity index (χ2v) is 6.33. The maximum atomic E-state index is 12.7. The number of amides is 1. The summed E-state index contributed by atoms with van der Waals surface area (Å²) < 4.78 is 5.06. The van der Waals surface area contributed by atoms with Crippen molar-refractivity contribution in [2.75, 3.05) is 20.1 Å². The van der Waals surface area contributed by atoms with Gasteiger partial charge in [0.25, 0.3) is 0 Å². The van der Waals surface area contributed by atoms with Crippen molar-refractivity contribution in [2.24, 2.45) is 10.8 Å². The topological polar surface area (TPSA) is 45.5 Å². The molecule has 1 spiro atoms. The highest BCUT2D eigenvalue weighted by Gasteiger charge is 2.68. The van der Waals surface area contributed by atoms with Crippen LogP contribution in [-0.4, -0.2) is 30.9 Å². The molecule has 0 bridgehead atoms. The molecule has 1 aliphatic carbocycles. The molecule has 1 aromatic heterocycles. The van der Waals surface area contributed by atoms with E-state index in [0.717, 1.165) is 37.9 Å². The number of piperidine rings is 1. The molecule has 3 rings (SSSR count). The molecule has 0 radical (unpaired) electrons. The van der Waals surface area contributed by atoms with Crippen molar-refractivity contribution in [3.8, 4) is 0 Å². The highest BCUT2D eigenvalue weighted by Crippen LogP contribution is 2.68. The number of hydrogen-bond acceptors (Lipinski definition) is 3. The van der Waals surface area contributed by atoms with Crippen molar-refractivity contribution in [3.63, 3.8) is 0 Å². The van der Waals surface area contributed by atoms with Crippen LogP contribution in [0.15, 0.2) is 23.0 Å². The lowest BCUT2D eigenvalue weighted by Crippen LogP contribution is -2.39. The van der Waals surface area contributed by atoms with Gasteiger partial charge in [0.2, 0.25) is 5.91 Å².